The summed E-state index contributed by atoms with van der Waals surface area (Å²) in [6, 6.07) is 14.2. The van der Waals surface area contributed by atoms with Crippen LogP contribution in [0.1, 0.15) is 16.8 Å². The summed E-state index contributed by atoms with van der Waals surface area (Å²) in [6.45, 7) is 4.07. The molecular formula is C19H15N4S+. The number of fused-ring (bicyclic) bond motifs is 3. The van der Waals surface area contributed by atoms with Crippen LogP contribution >= 0.6 is 11.3 Å². The first-order valence-corrected chi connectivity index (χ1v) is 8.42. The molecule has 4 rings (SSSR count). The topological polar surface area (TPSA) is 76.8 Å². The number of aryl methyl sites for hydroxylation is 2. The first-order valence-electron chi connectivity index (χ1n) is 7.61. The minimum atomic E-state index is 0.392. The summed E-state index contributed by atoms with van der Waals surface area (Å²) in [6.07, 6.45) is 0. The van der Waals surface area contributed by atoms with Crippen molar-refractivity contribution >= 4 is 37.6 Å². The van der Waals surface area contributed by atoms with Gasteiger partial charge >= 0.3 is 0 Å². The molecule has 0 saturated heterocycles. The highest BCUT2D eigenvalue weighted by molar-refractivity contribution is 7.25. The quantitative estimate of drug-likeness (QED) is 0.572. The van der Waals surface area contributed by atoms with Gasteiger partial charge in [-0.25, -0.2) is 9.97 Å². The van der Waals surface area contributed by atoms with Crippen molar-refractivity contribution in [1.82, 2.24) is 4.98 Å². The van der Waals surface area contributed by atoms with Gasteiger partial charge in [0.2, 0.25) is 0 Å². The Balaban J connectivity index is 2.25. The van der Waals surface area contributed by atoms with Crippen LogP contribution in [0.5, 0.6) is 0 Å². The van der Waals surface area contributed by atoms with E-state index in [1.54, 1.807) is 11.3 Å². The van der Waals surface area contributed by atoms with Gasteiger partial charge in [0, 0.05) is 11.3 Å². The molecule has 3 N–H and O–H groups in total. The minimum absolute atomic E-state index is 0.392. The third kappa shape index (κ3) is 2.04. The molecule has 0 amide bonds. The Bertz CT molecular complexity index is 1140. The van der Waals surface area contributed by atoms with Gasteiger partial charge in [-0.15, -0.1) is 11.3 Å². The molecule has 0 atom stereocenters. The van der Waals surface area contributed by atoms with Crippen molar-refractivity contribution in [2.45, 2.75) is 13.8 Å². The standard InChI is InChI=1S/C19H14N4S/c1-10-8-11(2)22-19-14(10)16-17(24-19)15(12-6-4-3-5-7-12)13(9-20)18(21)23-16/h3-8H,1-2H3,(H2,21,23)/p+1. The number of nitrogens with one attached hydrogen (secondary N) is 1. The van der Waals surface area contributed by atoms with E-state index in [0.29, 0.717) is 11.4 Å². The second-order valence-electron chi connectivity index (χ2n) is 5.83. The van der Waals surface area contributed by atoms with Crippen LogP contribution in [0, 0.1) is 25.2 Å². The van der Waals surface area contributed by atoms with Crippen molar-refractivity contribution in [3.63, 3.8) is 0 Å². The first kappa shape index (κ1) is 14.6. The van der Waals surface area contributed by atoms with Crippen LogP contribution in [0.3, 0.4) is 0 Å². The van der Waals surface area contributed by atoms with Gasteiger partial charge in [-0.1, -0.05) is 30.3 Å². The smallest absolute Gasteiger partial charge is 0.286 e. The first-order chi connectivity index (χ1) is 11.6. The number of nitriles is 1. The number of nitrogen functional groups attached to an aromatic ring is 1. The number of nitrogens with zero attached hydrogens (tertiary/aromatic N) is 2. The van der Waals surface area contributed by atoms with E-state index in [0.717, 1.165) is 42.8 Å². The second-order valence-corrected chi connectivity index (χ2v) is 6.83. The molecule has 0 unspecified atom stereocenters. The minimum Gasteiger partial charge on any atom is -0.286 e. The van der Waals surface area contributed by atoms with E-state index < -0.39 is 0 Å². The van der Waals surface area contributed by atoms with Crippen molar-refractivity contribution < 1.29 is 4.98 Å². The monoisotopic (exact) mass is 331 g/mol. The van der Waals surface area contributed by atoms with E-state index in [1.165, 1.54) is 0 Å². The molecule has 0 aliphatic heterocycles. The molecule has 0 bridgehead atoms. The predicted octanol–water partition coefficient (Wildman–Crippen LogP) is 4.00. The molecule has 4 nitrogen and oxygen atoms in total. The summed E-state index contributed by atoms with van der Waals surface area (Å²) in [5.41, 5.74) is 11.6. The lowest BCUT2D eigenvalue weighted by atomic mass is 10.00. The lowest BCUT2D eigenvalue weighted by Gasteiger charge is -2.05. The normalized spacial score (nSPS) is 11.0. The van der Waals surface area contributed by atoms with Crippen LogP contribution in [0.2, 0.25) is 0 Å². The fraction of sp³-hybridized carbons (Fsp3) is 0.105. The molecule has 24 heavy (non-hydrogen) atoms. The number of hydrogen-bond donors (Lipinski definition) is 1. The maximum atomic E-state index is 9.63. The van der Waals surface area contributed by atoms with Gasteiger partial charge in [0.05, 0.1) is 10.1 Å². The Morgan fingerprint density at radius 3 is 2.67 bits per heavy atom. The number of rotatable bonds is 1. The Morgan fingerprint density at radius 1 is 1.21 bits per heavy atom. The van der Waals surface area contributed by atoms with E-state index >= 15 is 0 Å². The predicted molar refractivity (Wildman–Crippen MR) is 97.7 cm³/mol. The van der Waals surface area contributed by atoms with E-state index in [2.05, 4.69) is 29.0 Å². The molecule has 0 spiro atoms. The number of thiophene rings is 1. The van der Waals surface area contributed by atoms with Gasteiger partial charge in [0.1, 0.15) is 16.5 Å². The molecule has 5 heteroatoms. The zero-order chi connectivity index (χ0) is 16.8. The second kappa shape index (κ2) is 5.29. The Kier molecular flexibility index (Phi) is 3.22. The Labute approximate surface area is 143 Å². The van der Waals surface area contributed by atoms with Gasteiger partial charge < -0.3 is 0 Å². The van der Waals surface area contributed by atoms with Crippen molar-refractivity contribution in [2.24, 2.45) is 0 Å². The van der Waals surface area contributed by atoms with Crippen LogP contribution in [0.25, 0.3) is 31.6 Å². The maximum Gasteiger partial charge on any atom is 0.289 e. The largest absolute Gasteiger partial charge is 0.289 e. The maximum absolute atomic E-state index is 9.63. The highest BCUT2D eigenvalue weighted by Gasteiger charge is 2.23. The van der Waals surface area contributed by atoms with Gasteiger partial charge in [0.15, 0.2) is 5.52 Å². The molecule has 0 aliphatic rings. The molecular weight excluding hydrogens is 316 g/mol. The number of nitrogens with two attached hydrogens (primary N) is 1. The molecule has 0 saturated carbocycles. The number of hydrogen-bond acceptors (Lipinski definition) is 4. The van der Waals surface area contributed by atoms with Gasteiger partial charge in [-0.2, -0.15) is 5.26 Å². The number of pyridine rings is 2. The van der Waals surface area contributed by atoms with Crippen LogP contribution in [0.15, 0.2) is 36.4 Å². The highest BCUT2D eigenvalue weighted by atomic mass is 32.1. The summed E-state index contributed by atoms with van der Waals surface area (Å²) >= 11 is 1.60. The van der Waals surface area contributed by atoms with Crippen molar-refractivity contribution in [3.8, 4) is 17.2 Å². The number of aromatic amines is 1. The van der Waals surface area contributed by atoms with E-state index in [1.807, 2.05) is 37.3 Å². The van der Waals surface area contributed by atoms with Crippen LogP contribution < -0.4 is 10.7 Å². The molecule has 0 fully saturated rings. The Hall–Kier alpha value is -2.97. The SMILES string of the molecule is Cc1cc(C)c2c(n1)sc1c(-c3ccccc3)c(C#N)c(N)[nH+]c12. The van der Waals surface area contributed by atoms with Gasteiger partial charge in [-0.05, 0) is 31.0 Å². The fourth-order valence-electron chi connectivity index (χ4n) is 3.18. The van der Waals surface area contributed by atoms with Crippen LogP contribution in [-0.2, 0) is 0 Å². The van der Waals surface area contributed by atoms with E-state index in [4.69, 9.17) is 5.73 Å². The van der Waals surface area contributed by atoms with Crippen molar-refractivity contribution in [1.29, 1.82) is 5.26 Å². The lowest BCUT2D eigenvalue weighted by molar-refractivity contribution is -0.325. The lowest BCUT2D eigenvalue weighted by Crippen LogP contribution is -2.14. The van der Waals surface area contributed by atoms with E-state index in [-0.39, 0.29) is 0 Å². The van der Waals surface area contributed by atoms with E-state index in [9.17, 15) is 5.26 Å². The van der Waals surface area contributed by atoms with Gasteiger partial charge in [0.25, 0.3) is 5.82 Å². The molecule has 1 aromatic carbocycles. The molecule has 4 aromatic rings. The highest BCUT2D eigenvalue weighted by Crippen LogP contribution is 2.40. The summed E-state index contributed by atoms with van der Waals surface area (Å²) in [4.78, 5) is 8.86. The summed E-state index contributed by atoms with van der Waals surface area (Å²) in [5.74, 6) is 0.392. The van der Waals surface area contributed by atoms with Crippen molar-refractivity contribution in [3.05, 3.63) is 53.2 Å². The molecule has 116 valence electrons. The fourth-order valence-corrected chi connectivity index (χ4v) is 4.50. The average Bonchev–Trinajstić information content (AvgIpc) is 2.92. The number of benzene rings is 1. The molecule has 3 heterocycles. The summed E-state index contributed by atoms with van der Waals surface area (Å²) < 4.78 is 1.02. The summed E-state index contributed by atoms with van der Waals surface area (Å²) in [7, 11) is 0. The average molecular weight is 331 g/mol. The number of anilines is 1. The molecule has 0 aliphatic carbocycles. The molecule has 0 radical (unpaired) electrons. The zero-order valence-electron chi connectivity index (χ0n) is 13.3. The zero-order valence-corrected chi connectivity index (χ0v) is 14.2. The summed E-state index contributed by atoms with van der Waals surface area (Å²) in [5, 5.41) is 10.7. The molecule has 3 aromatic heterocycles. The van der Waals surface area contributed by atoms with Gasteiger partial charge in [-0.3, -0.25) is 5.73 Å². The van der Waals surface area contributed by atoms with Crippen molar-refractivity contribution in [2.75, 3.05) is 5.73 Å². The third-order valence-electron chi connectivity index (χ3n) is 4.17. The Morgan fingerprint density at radius 2 is 1.96 bits per heavy atom. The number of H-pyrrole nitrogens is 1. The number of aromatic nitrogens is 2. The van der Waals surface area contributed by atoms with Crippen LogP contribution in [-0.4, -0.2) is 4.98 Å². The van der Waals surface area contributed by atoms with Crippen LogP contribution in [0.4, 0.5) is 5.82 Å². The third-order valence-corrected chi connectivity index (χ3v) is 5.27.